The molecule has 0 radical (unpaired) electrons. The Labute approximate surface area is 225 Å². The molecule has 208 valence electrons. The molecule has 0 aliphatic heterocycles. The third kappa shape index (κ3) is 4.68. The molecule has 5 heteroatoms. The van der Waals surface area contributed by atoms with Gasteiger partial charge >= 0.3 is 0 Å². The van der Waals surface area contributed by atoms with E-state index in [0.29, 0.717) is 29.6 Å². The van der Waals surface area contributed by atoms with Gasteiger partial charge in [0.05, 0.1) is 6.10 Å². The number of rotatable bonds is 4. The molecule has 4 aliphatic carbocycles. The smallest absolute Gasteiger partial charge is 0.192 e. The minimum Gasteiger partial charge on any atom is -0.414 e. The first kappa shape index (κ1) is 29.0. The van der Waals surface area contributed by atoms with E-state index in [4.69, 9.17) is 8.85 Å². The molecule has 0 aromatic carbocycles. The average Bonchev–Trinajstić information content (AvgIpc) is 3.03. The molecular weight excluding hydrogens is 477 g/mol. The van der Waals surface area contributed by atoms with Gasteiger partial charge in [-0.1, -0.05) is 55.4 Å². The fraction of sp³-hybridized carbons (Fsp3) is 0.968. The van der Waals surface area contributed by atoms with E-state index in [1.807, 2.05) is 0 Å². The summed E-state index contributed by atoms with van der Waals surface area (Å²) >= 11 is 0. The zero-order valence-electron chi connectivity index (χ0n) is 25.8. The van der Waals surface area contributed by atoms with E-state index in [-0.39, 0.29) is 32.9 Å². The summed E-state index contributed by atoms with van der Waals surface area (Å²) in [5, 5.41) is 0.458. The van der Waals surface area contributed by atoms with E-state index in [2.05, 4.69) is 81.6 Å². The molecule has 4 saturated carbocycles. The number of carbonyl (C=O) groups excluding carboxylic acids is 1. The summed E-state index contributed by atoms with van der Waals surface area (Å²) in [5.41, 5.74) is 0.399. The van der Waals surface area contributed by atoms with Gasteiger partial charge in [0, 0.05) is 18.4 Å². The average molecular weight is 535 g/mol. The molecule has 0 heterocycles. The van der Waals surface area contributed by atoms with Crippen molar-refractivity contribution < 1.29 is 13.6 Å². The highest BCUT2D eigenvalue weighted by molar-refractivity contribution is 6.74. The van der Waals surface area contributed by atoms with E-state index in [1.165, 1.54) is 25.7 Å². The topological polar surface area (TPSA) is 35.5 Å². The molecule has 0 N–H and O–H groups in total. The maximum atomic E-state index is 13.9. The van der Waals surface area contributed by atoms with Gasteiger partial charge < -0.3 is 8.85 Å². The van der Waals surface area contributed by atoms with Gasteiger partial charge in [-0.05, 0) is 110 Å². The Kier molecular flexibility index (Phi) is 7.27. The van der Waals surface area contributed by atoms with Crippen molar-refractivity contribution in [2.45, 2.75) is 155 Å². The van der Waals surface area contributed by atoms with Crippen LogP contribution in [0.5, 0.6) is 0 Å². The Bertz CT molecular complexity index is 853. The standard InChI is InChI=1S/C31H58O3Si2/c1-28(2,3)35(9,10)33-21-15-17-30(7)24-16-18-31(8)23(22(24)20-26(32)25(30)19-21)13-14-27(31)34-36(11,12)29(4,5)6/h21-25,27H,13-20H2,1-12H3/t21-,22-,23-,24-,25?,27-,30+,31-/m0/s1. The molecule has 4 aliphatic rings. The van der Waals surface area contributed by atoms with Crippen LogP contribution in [0.15, 0.2) is 0 Å². The second-order valence-electron chi connectivity index (χ2n) is 16.9. The van der Waals surface area contributed by atoms with E-state index in [1.54, 1.807) is 0 Å². The largest absolute Gasteiger partial charge is 0.414 e. The Morgan fingerprint density at radius 2 is 1.28 bits per heavy atom. The van der Waals surface area contributed by atoms with Crippen molar-refractivity contribution in [1.29, 1.82) is 0 Å². The molecule has 36 heavy (non-hydrogen) atoms. The Balaban J connectivity index is 1.51. The molecular formula is C31H58O3Si2. The monoisotopic (exact) mass is 534 g/mol. The van der Waals surface area contributed by atoms with Crippen LogP contribution in [-0.4, -0.2) is 34.6 Å². The summed E-state index contributed by atoms with van der Waals surface area (Å²) in [5.74, 6) is 2.66. The Morgan fingerprint density at radius 3 is 1.86 bits per heavy atom. The van der Waals surface area contributed by atoms with Crippen LogP contribution in [0.4, 0.5) is 0 Å². The van der Waals surface area contributed by atoms with Crippen LogP contribution in [0.1, 0.15) is 107 Å². The van der Waals surface area contributed by atoms with Gasteiger partial charge in [-0.25, -0.2) is 0 Å². The fourth-order valence-corrected chi connectivity index (χ4v) is 11.2. The summed E-state index contributed by atoms with van der Waals surface area (Å²) in [7, 11) is -3.63. The van der Waals surface area contributed by atoms with E-state index < -0.39 is 16.6 Å². The molecule has 8 atom stereocenters. The van der Waals surface area contributed by atoms with Crippen LogP contribution in [-0.2, 0) is 13.6 Å². The lowest BCUT2D eigenvalue weighted by molar-refractivity contribution is -0.160. The van der Waals surface area contributed by atoms with Crippen molar-refractivity contribution in [1.82, 2.24) is 0 Å². The predicted octanol–water partition coefficient (Wildman–Crippen LogP) is 8.99. The molecule has 0 aromatic rings. The summed E-state index contributed by atoms with van der Waals surface area (Å²) in [6.07, 6.45) is 9.71. The first-order valence-corrected chi connectivity index (χ1v) is 20.9. The maximum absolute atomic E-state index is 13.9. The lowest BCUT2D eigenvalue weighted by Gasteiger charge is -2.60. The molecule has 0 aromatic heterocycles. The summed E-state index contributed by atoms with van der Waals surface area (Å²) in [4.78, 5) is 13.9. The molecule has 4 rings (SSSR count). The van der Waals surface area contributed by atoms with Crippen LogP contribution < -0.4 is 0 Å². The zero-order chi connectivity index (χ0) is 27.1. The van der Waals surface area contributed by atoms with Gasteiger partial charge in [0.1, 0.15) is 5.78 Å². The fourth-order valence-electron chi connectivity index (χ4n) is 8.38. The number of hydrogen-bond donors (Lipinski definition) is 0. The predicted molar refractivity (Wildman–Crippen MR) is 156 cm³/mol. The summed E-state index contributed by atoms with van der Waals surface area (Å²) < 4.78 is 14.0. The third-order valence-electron chi connectivity index (χ3n) is 12.8. The maximum Gasteiger partial charge on any atom is 0.192 e. The SMILES string of the molecule is CC(C)(C)[Si](C)(C)O[C@H]1CC[C@@]2(C)C(C1)C(=O)C[C@H]1[C@@H]3CC[C@H](O[Si](C)(C)C(C)(C)C)[C@@]3(C)CC[C@@H]12. The summed E-state index contributed by atoms with van der Waals surface area (Å²) in [6, 6.07) is 0. The van der Waals surface area contributed by atoms with Crippen LogP contribution >= 0.6 is 0 Å². The lowest BCUT2D eigenvalue weighted by Crippen LogP contribution is -2.59. The Hall–Kier alpha value is 0.0238. The first-order chi connectivity index (χ1) is 16.2. The minimum absolute atomic E-state index is 0.160. The lowest BCUT2D eigenvalue weighted by atomic mass is 9.45. The van der Waals surface area contributed by atoms with Crippen LogP contribution in [0.25, 0.3) is 0 Å². The van der Waals surface area contributed by atoms with Gasteiger partial charge in [-0.3, -0.25) is 4.79 Å². The number of Topliss-reactive ketones (excluding diaryl/α,β-unsaturated/α-hetero) is 1. The van der Waals surface area contributed by atoms with Crippen molar-refractivity contribution >= 4 is 22.4 Å². The summed E-state index contributed by atoms with van der Waals surface area (Å²) in [6.45, 7) is 28.6. The van der Waals surface area contributed by atoms with Crippen molar-refractivity contribution in [3.8, 4) is 0 Å². The zero-order valence-corrected chi connectivity index (χ0v) is 27.8. The number of hydrogen-bond acceptors (Lipinski definition) is 3. The van der Waals surface area contributed by atoms with Crippen molar-refractivity contribution in [2.24, 2.45) is 34.5 Å². The quantitative estimate of drug-likeness (QED) is 0.338. The second kappa shape index (κ2) is 9.03. The molecule has 3 nitrogen and oxygen atoms in total. The van der Waals surface area contributed by atoms with Crippen LogP contribution in [0, 0.1) is 34.5 Å². The van der Waals surface area contributed by atoms with Gasteiger partial charge in [-0.2, -0.15) is 0 Å². The molecule has 0 spiro atoms. The highest BCUT2D eigenvalue weighted by Crippen LogP contribution is 2.66. The number of carbonyl (C=O) groups is 1. The highest BCUT2D eigenvalue weighted by atomic mass is 28.4. The van der Waals surface area contributed by atoms with E-state index in [9.17, 15) is 4.79 Å². The molecule has 4 fully saturated rings. The molecule has 1 unspecified atom stereocenters. The van der Waals surface area contributed by atoms with E-state index >= 15 is 0 Å². The molecule has 0 saturated heterocycles. The Morgan fingerprint density at radius 1 is 0.750 bits per heavy atom. The minimum atomic E-state index is -1.82. The normalized spacial score (nSPS) is 42.1. The first-order valence-electron chi connectivity index (χ1n) is 15.1. The number of fused-ring (bicyclic) bond motifs is 5. The van der Waals surface area contributed by atoms with Crippen molar-refractivity contribution in [3.63, 3.8) is 0 Å². The molecule has 0 bridgehead atoms. The highest BCUT2D eigenvalue weighted by Gasteiger charge is 2.63. The third-order valence-corrected chi connectivity index (χ3v) is 21.9. The molecule has 0 amide bonds. The van der Waals surface area contributed by atoms with Gasteiger partial charge in [0.25, 0.3) is 0 Å². The van der Waals surface area contributed by atoms with E-state index in [0.717, 1.165) is 25.7 Å². The van der Waals surface area contributed by atoms with Crippen molar-refractivity contribution in [2.75, 3.05) is 0 Å². The van der Waals surface area contributed by atoms with Crippen LogP contribution in [0.2, 0.25) is 36.3 Å². The second-order valence-corrected chi connectivity index (χ2v) is 26.4. The van der Waals surface area contributed by atoms with Gasteiger partial charge in [0.2, 0.25) is 0 Å². The van der Waals surface area contributed by atoms with Gasteiger partial charge in [0.15, 0.2) is 16.6 Å². The van der Waals surface area contributed by atoms with Gasteiger partial charge in [-0.15, -0.1) is 0 Å². The number of ketones is 1. The van der Waals surface area contributed by atoms with Crippen LogP contribution in [0.3, 0.4) is 0 Å². The van der Waals surface area contributed by atoms with Crippen molar-refractivity contribution in [3.05, 3.63) is 0 Å².